The molecule has 0 aliphatic rings. The Kier molecular flexibility index (Phi) is 9.49. The smallest absolute Gasteiger partial charge is 0.0431 e. The third-order valence-electron chi connectivity index (χ3n) is 1.99. The van der Waals surface area contributed by atoms with Crippen molar-refractivity contribution in [1.82, 2.24) is 5.32 Å². The highest BCUT2D eigenvalue weighted by molar-refractivity contribution is 4.87. The van der Waals surface area contributed by atoms with Crippen LogP contribution in [0, 0.1) is 0 Å². The summed E-state index contributed by atoms with van der Waals surface area (Å²) in [6.07, 6.45) is 5.62. The van der Waals surface area contributed by atoms with Crippen LogP contribution in [-0.2, 0) is 0 Å². The monoisotopic (exact) mass is 185 g/mol. The molecule has 0 rings (SSSR count). The molecule has 78 valence electrons. The van der Waals surface area contributed by atoms with Crippen LogP contribution in [0.1, 0.15) is 39.0 Å². The molecule has 0 bridgehead atoms. The normalized spacial score (nSPS) is 10.3. The molecule has 2 N–H and O–H groups in total. The maximum Gasteiger partial charge on any atom is 0.0431 e. The van der Waals surface area contributed by atoms with Crippen LogP contribution in [0.2, 0.25) is 0 Å². The van der Waals surface area contributed by atoms with Gasteiger partial charge in [-0.2, -0.15) is 0 Å². The average Bonchev–Trinajstić information content (AvgIpc) is 2.09. The van der Waals surface area contributed by atoms with Gasteiger partial charge in [0.05, 0.1) is 0 Å². The van der Waals surface area contributed by atoms with Gasteiger partial charge in [-0.05, 0) is 39.3 Å². The number of aliphatic hydroxyl groups excluding tert-OH is 1. The molecule has 0 heterocycles. The van der Waals surface area contributed by atoms with Crippen molar-refractivity contribution in [3.05, 3.63) is 12.2 Å². The summed E-state index contributed by atoms with van der Waals surface area (Å²) < 4.78 is 0. The second kappa shape index (κ2) is 9.75. The fourth-order valence-electron chi connectivity index (χ4n) is 1.14. The molecule has 0 aliphatic carbocycles. The van der Waals surface area contributed by atoms with E-state index in [1.807, 2.05) is 0 Å². The molecule has 2 nitrogen and oxygen atoms in total. The third-order valence-corrected chi connectivity index (χ3v) is 1.99. The first-order valence-corrected chi connectivity index (χ1v) is 5.23. The molecule has 0 saturated carbocycles. The van der Waals surface area contributed by atoms with Crippen LogP contribution in [0.25, 0.3) is 0 Å². The summed E-state index contributed by atoms with van der Waals surface area (Å²) in [6.45, 7) is 8.39. The molecule has 0 saturated heterocycles. The Hall–Kier alpha value is -0.340. The fraction of sp³-hybridized carbons (Fsp3) is 0.818. The molecule has 0 radical (unpaired) electrons. The Bertz CT molecular complexity index is 123. The van der Waals surface area contributed by atoms with Gasteiger partial charge in [-0.3, -0.25) is 0 Å². The molecule has 0 spiro atoms. The Labute approximate surface area is 82.0 Å². The standard InChI is InChI=1S/C11H23NO/c1-11(2)7-9-12-8-5-3-4-6-10-13/h12-13H,1,3-10H2,2H3. The van der Waals surface area contributed by atoms with Crippen molar-refractivity contribution in [2.24, 2.45) is 0 Å². The van der Waals surface area contributed by atoms with E-state index in [0.29, 0.717) is 6.61 Å². The van der Waals surface area contributed by atoms with Gasteiger partial charge in [0, 0.05) is 6.61 Å². The summed E-state index contributed by atoms with van der Waals surface area (Å²) >= 11 is 0. The molecular weight excluding hydrogens is 162 g/mol. The van der Waals surface area contributed by atoms with E-state index in [1.54, 1.807) is 0 Å². The maximum atomic E-state index is 8.54. The maximum absolute atomic E-state index is 8.54. The van der Waals surface area contributed by atoms with E-state index in [-0.39, 0.29) is 0 Å². The van der Waals surface area contributed by atoms with Crippen molar-refractivity contribution >= 4 is 0 Å². The van der Waals surface area contributed by atoms with Gasteiger partial charge in [0.15, 0.2) is 0 Å². The zero-order chi connectivity index (χ0) is 9.94. The number of hydrogen-bond acceptors (Lipinski definition) is 2. The minimum absolute atomic E-state index is 0.336. The average molecular weight is 185 g/mol. The number of nitrogens with one attached hydrogen (secondary N) is 1. The first-order chi connectivity index (χ1) is 6.27. The lowest BCUT2D eigenvalue weighted by Gasteiger charge is -2.03. The van der Waals surface area contributed by atoms with Crippen LogP contribution < -0.4 is 5.32 Å². The van der Waals surface area contributed by atoms with Crippen molar-refractivity contribution in [3.63, 3.8) is 0 Å². The van der Waals surface area contributed by atoms with E-state index in [4.69, 9.17) is 5.11 Å². The van der Waals surface area contributed by atoms with Gasteiger partial charge in [-0.15, -0.1) is 6.58 Å². The van der Waals surface area contributed by atoms with Gasteiger partial charge in [-0.25, -0.2) is 0 Å². The fourth-order valence-corrected chi connectivity index (χ4v) is 1.14. The van der Waals surface area contributed by atoms with Gasteiger partial charge < -0.3 is 10.4 Å². The van der Waals surface area contributed by atoms with Crippen molar-refractivity contribution in [2.45, 2.75) is 39.0 Å². The molecule has 0 aliphatic heterocycles. The predicted molar refractivity (Wildman–Crippen MR) is 57.9 cm³/mol. The summed E-state index contributed by atoms with van der Waals surface area (Å²) in [6, 6.07) is 0. The minimum atomic E-state index is 0.336. The second-order valence-electron chi connectivity index (χ2n) is 3.59. The highest BCUT2D eigenvalue weighted by Gasteiger charge is 1.90. The largest absolute Gasteiger partial charge is 0.396 e. The topological polar surface area (TPSA) is 32.3 Å². The Morgan fingerprint density at radius 1 is 1.15 bits per heavy atom. The van der Waals surface area contributed by atoms with E-state index in [0.717, 1.165) is 32.4 Å². The first-order valence-electron chi connectivity index (χ1n) is 5.23. The minimum Gasteiger partial charge on any atom is -0.396 e. The zero-order valence-electron chi connectivity index (χ0n) is 8.81. The molecule has 0 amide bonds. The summed E-state index contributed by atoms with van der Waals surface area (Å²) in [5.74, 6) is 0. The quantitative estimate of drug-likeness (QED) is 0.426. The lowest BCUT2D eigenvalue weighted by molar-refractivity contribution is 0.282. The number of rotatable bonds is 9. The molecule has 2 heteroatoms. The molecule has 0 aromatic carbocycles. The van der Waals surface area contributed by atoms with E-state index in [9.17, 15) is 0 Å². The van der Waals surface area contributed by atoms with Crippen LogP contribution in [-0.4, -0.2) is 24.8 Å². The van der Waals surface area contributed by atoms with E-state index < -0.39 is 0 Å². The first kappa shape index (κ1) is 12.7. The number of aliphatic hydroxyl groups is 1. The van der Waals surface area contributed by atoms with Crippen LogP contribution in [0.15, 0.2) is 12.2 Å². The van der Waals surface area contributed by atoms with Crippen molar-refractivity contribution in [2.75, 3.05) is 19.7 Å². The van der Waals surface area contributed by atoms with E-state index in [1.165, 1.54) is 18.4 Å². The van der Waals surface area contributed by atoms with Gasteiger partial charge in [0.2, 0.25) is 0 Å². The van der Waals surface area contributed by atoms with Crippen molar-refractivity contribution in [3.8, 4) is 0 Å². The number of hydrogen-bond donors (Lipinski definition) is 2. The van der Waals surface area contributed by atoms with Crippen LogP contribution in [0.5, 0.6) is 0 Å². The van der Waals surface area contributed by atoms with Crippen LogP contribution in [0.4, 0.5) is 0 Å². The highest BCUT2D eigenvalue weighted by atomic mass is 16.2. The lowest BCUT2D eigenvalue weighted by Crippen LogP contribution is -2.16. The van der Waals surface area contributed by atoms with Gasteiger partial charge in [0.25, 0.3) is 0 Å². The predicted octanol–water partition coefficient (Wildman–Crippen LogP) is 2.09. The molecule has 13 heavy (non-hydrogen) atoms. The Morgan fingerprint density at radius 3 is 2.46 bits per heavy atom. The molecule has 0 atom stereocenters. The summed E-state index contributed by atoms with van der Waals surface area (Å²) in [5, 5.41) is 11.9. The summed E-state index contributed by atoms with van der Waals surface area (Å²) in [4.78, 5) is 0. The van der Waals surface area contributed by atoms with E-state index >= 15 is 0 Å². The lowest BCUT2D eigenvalue weighted by atomic mass is 10.2. The zero-order valence-corrected chi connectivity index (χ0v) is 8.81. The number of unbranched alkanes of at least 4 members (excludes halogenated alkanes) is 3. The highest BCUT2D eigenvalue weighted by Crippen LogP contribution is 1.98. The van der Waals surface area contributed by atoms with Gasteiger partial charge in [-0.1, -0.05) is 18.4 Å². The summed E-state index contributed by atoms with van der Waals surface area (Å²) in [7, 11) is 0. The molecule has 0 aromatic rings. The van der Waals surface area contributed by atoms with Crippen molar-refractivity contribution in [1.29, 1.82) is 0 Å². The molecule has 0 fully saturated rings. The molecular formula is C11H23NO. The SMILES string of the molecule is C=C(C)CCNCCCCCCO. The summed E-state index contributed by atoms with van der Waals surface area (Å²) in [5.41, 5.74) is 1.24. The third kappa shape index (κ3) is 11.7. The molecule has 0 unspecified atom stereocenters. The molecule has 0 aromatic heterocycles. The van der Waals surface area contributed by atoms with Crippen molar-refractivity contribution < 1.29 is 5.11 Å². The van der Waals surface area contributed by atoms with Crippen LogP contribution >= 0.6 is 0 Å². The van der Waals surface area contributed by atoms with E-state index in [2.05, 4.69) is 18.8 Å². The van der Waals surface area contributed by atoms with Crippen LogP contribution in [0.3, 0.4) is 0 Å². The Balaban J connectivity index is 2.87. The van der Waals surface area contributed by atoms with Gasteiger partial charge >= 0.3 is 0 Å². The Morgan fingerprint density at radius 2 is 1.85 bits per heavy atom. The second-order valence-corrected chi connectivity index (χ2v) is 3.59. The van der Waals surface area contributed by atoms with Gasteiger partial charge in [0.1, 0.15) is 0 Å².